The Hall–Kier alpha value is -1.55. The normalized spacial score (nSPS) is 11.8. The molecule has 0 fully saturated rings. The topological polar surface area (TPSA) is 49.4 Å². The third-order valence-corrected chi connectivity index (χ3v) is 3.19. The summed E-state index contributed by atoms with van der Waals surface area (Å²) in [5, 5.41) is 3.18. The molecule has 0 spiro atoms. The van der Waals surface area contributed by atoms with Crippen molar-refractivity contribution >= 4 is 23.4 Å². The number of halogens is 1. The number of benzene rings is 1. The van der Waals surface area contributed by atoms with Gasteiger partial charge in [0.05, 0.1) is 0 Å². The molecule has 19 heavy (non-hydrogen) atoms. The molecule has 1 atom stereocenters. The molecule has 5 heteroatoms. The summed E-state index contributed by atoms with van der Waals surface area (Å²) in [6.45, 7) is 3.88. The molecule has 0 saturated heterocycles. The fraction of sp³-hybridized carbons (Fsp3) is 0.429. The van der Waals surface area contributed by atoms with Gasteiger partial charge in [-0.15, -0.1) is 0 Å². The largest absolute Gasteiger partial charge is 0.357 e. The first-order valence-corrected chi connectivity index (χ1v) is 6.62. The molecule has 1 N–H and O–H groups in total. The van der Waals surface area contributed by atoms with Crippen molar-refractivity contribution in [2.24, 2.45) is 0 Å². The molecular formula is C14H19ClN2O2. The summed E-state index contributed by atoms with van der Waals surface area (Å²) in [7, 11) is 1.56. The first kappa shape index (κ1) is 15.5. The van der Waals surface area contributed by atoms with Gasteiger partial charge in [-0.05, 0) is 24.6 Å². The Morgan fingerprint density at radius 1 is 1.42 bits per heavy atom. The van der Waals surface area contributed by atoms with Gasteiger partial charge in [0.15, 0.2) is 0 Å². The molecule has 1 unspecified atom stereocenters. The average molecular weight is 283 g/mol. The minimum Gasteiger partial charge on any atom is -0.357 e. The van der Waals surface area contributed by atoms with E-state index in [4.69, 9.17) is 11.6 Å². The maximum Gasteiger partial charge on any atom is 0.242 e. The van der Waals surface area contributed by atoms with Crippen LogP contribution in [0.25, 0.3) is 0 Å². The van der Waals surface area contributed by atoms with Gasteiger partial charge in [-0.2, -0.15) is 0 Å². The summed E-state index contributed by atoms with van der Waals surface area (Å²) in [5.74, 6) is -0.236. The summed E-state index contributed by atoms with van der Waals surface area (Å²) in [6.07, 6.45) is 0.363. The summed E-state index contributed by atoms with van der Waals surface area (Å²) in [5.41, 5.74) is 0.907. The molecular weight excluding hydrogens is 264 g/mol. The predicted molar refractivity (Wildman–Crippen MR) is 75.8 cm³/mol. The Morgan fingerprint density at radius 3 is 2.63 bits per heavy atom. The van der Waals surface area contributed by atoms with E-state index in [0.717, 1.165) is 5.56 Å². The van der Waals surface area contributed by atoms with E-state index in [-0.39, 0.29) is 11.8 Å². The number of hydrogen-bond acceptors (Lipinski definition) is 2. The van der Waals surface area contributed by atoms with Gasteiger partial charge in [-0.1, -0.05) is 30.7 Å². The van der Waals surface area contributed by atoms with Crippen LogP contribution in [-0.2, 0) is 16.1 Å². The lowest BCUT2D eigenvalue weighted by Gasteiger charge is -2.28. The second kappa shape index (κ2) is 7.14. The van der Waals surface area contributed by atoms with Crippen LogP contribution in [0.5, 0.6) is 0 Å². The monoisotopic (exact) mass is 282 g/mol. The Morgan fingerprint density at radius 2 is 2.11 bits per heavy atom. The van der Waals surface area contributed by atoms with Gasteiger partial charge in [0, 0.05) is 25.0 Å². The smallest absolute Gasteiger partial charge is 0.242 e. The minimum absolute atomic E-state index is 0.0592. The highest BCUT2D eigenvalue weighted by molar-refractivity contribution is 6.30. The lowest BCUT2D eigenvalue weighted by atomic mass is 10.1. The van der Waals surface area contributed by atoms with Crippen molar-refractivity contribution in [2.75, 3.05) is 7.05 Å². The van der Waals surface area contributed by atoms with Crippen LogP contribution in [0.4, 0.5) is 0 Å². The summed E-state index contributed by atoms with van der Waals surface area (Å²) in [4.78, 5) is 25.2. The number of likely N-dealkylation sites (N-methyl/N-ethyl adjacent to an activating group) is 1. The van der Waals surface area contributed by atoms with Crippen molar-refractivity contribution < 1.29 is 9.59 Å². The quantitative estimate of drug-likeness (QED) is 0.900. The molecule has 0 radical (unpaired) electrons. The minimum atomic E-state index is -0.503. The number of carbonyl (C=O) groups excluding carboxylic acids is 2. The van der Waals surface area contributed by atoms with E-state index < -0.39 is 6.04 Å². The van der Waals surface area contributed by atoms with Crippen molar-refractivity contribution in [1.82, 2.24) is 10.2 Å². The van der Waals surface area contributed by atoms with E-state index in [0.29, 0.717) is 18.0 Å². The lowest BCUT2D eigenvalue weighted by molar-refractivity contribution is -0.140. The van der Waals surface area contributed by atoms with E-state index in [2.05, 4.69) is 5.32 Å². The van der Waals surface area contributed by atoms with Crippen LogP contribution in [0.2, 0.25) is 5.02 Å². The summed E-state index contributed by atoms with van der Waals surface area (Å²) >= 11 is 5.93. The van der Waals surface area contributed by atoms with Gasteiger partial charge in [0.25, 0.3) is 0 Å². The van der Waals surface area contributed by atoms with Crippen LogP contribution in [-0.4, -0.2) is 29.8 Å². The van der Waals surface area contributed by atoms with Crippen molar-refractivity contribution in [3.05, 3.63) is 34.9 Å². The van der Waals surface area contributed by atoms with E-state index >= 15 is 0 Å². The van der Waals surface area contributed by atoms with Crippen LogP contribution in [0.3, 0.4) is 0 Å². The number of nitrogens with zero attached hydrogens (tertiary/aromatic N) is 1. The standard InChI is InChI=1S/C14H19ClN2O2/c1-4-13(18)17(10(2)14(19)16-3)9-11-6-5-7-12(15)8-11/h5-8,10H,4,9H2,1-3H3,(H,16,19). The maximum absolute atomic E-state index is 12.0. The summed E-state index contributed by atoms with van der Waals surface area (Å²) < 4.78 is 0. The Labute approximate surface area is 118 Å². The summed E-state index contributed by atoms with van der Waals surface area (Å²) in [6, 6.07) is 6.79. The van der Waals surface area contributed by atoms with Crippen molar-refractivity contribution in [2.45, 2.75) is 32.9 Å². The van der Waals surface area contributed by atoms with Crippen molar-refractivity contribution in [3.8, 4) is 0 Å². The molecule has 1 rings (SSSR count). The molecule has 1 aromatic rings. The van der Waals surface area contributed by atoms with Gasteiger partial charge in [0.2, 0.25) is 11.8 Å². The predicted octanol–water partition coefficient (Wildman–Crippen LogP) is 2.21. The highest BCUT2D eigenvalue weighted by Gasteiger charge is 2.24. The second-order valence-electron chi connectivity index (χ2n) is 4.30. The molecule has 0 bridgehead atoms. The molecule has 0 aromatic heterocycles. The van der Waals surface area contributed by atoms with Gasteiger partial charge in [-0.25, -0.2) is 0 Å². The Bertz CT molecular complexity index is 463. The number of rotatable bonds is 5. The van der Waals surface area contributed by atoms with E-state index in [1.807, 2.05) is 12.1 Å². The molecule has 0 saturated carbocycles. The van der Waals surface area contributed by atoms with Crippen LogP contribution in [0.15, 0.2) is 24.3 Å². The van der Waals surface area contributed by atoms with Crippen LogP contribution in [0.1, 0.15) is 25.8 Å². The van der Waals surface area contributed by atoms with Gasteiger partial charge >= 0.3 is 0 Å². The maximum atomic E-state index is 12.0. The van der Waals surface area contributed by atoms with Crippen molar-refractivity contribution in [3.63, 3.8) is 0 Å². The Kier molecular flexibility index (Phi) is 5.83. The van der Waals surface area contributed by atoms with E-state index in [9.17, 15) is 9.59 Å². The van der Waals surface area contributed by atoms with Gasteiger partial charge < -0.3 is 10.2 Å². The number of hydrogen-bond donors (Lipinski definition) is 1. The van der Waals surface area contributed by atoms with Crippen molar-refractivity contribution in [1.29, 1.82) is 0 Å². The fourth-order valence-electron chi connectivity index (χ4n) is 1.83. The molecule has 0 heterocycles. The third-order valence-electron chi connectivity index (χ3n) is 2.96. The zero-order valence-corrected chi connectivity index (χ0v) is 12.2. The lowest BCUT2D eigenvalue weighted by Crippen LogP contribution is -2.46. The first-order chi connectivity index (χ1) is 8.99. The van der Waals surface area contributed by atoms with Gasteiger partial charge in [0.1, 0.15) is 6.04 Å². The highest BCUT2D eigenvalue weighted by atomic mass is 35.5. The zero-order valence-electron chi connectivity index (χ0n) is 11.4. The number of amides is 2. The first-order valence-electron chi connectivity index (χ1n) is 6.25. The van der Waals surface area contributed by atoms with E-state index in [1.165, 1.54) is 0 Å². The Balaban J connectivity index is 2.92. The number of carbonyl (C=O) groups is 2. The SMILES string of the molecule is CCC(=O)N(Cc1cccc(Cl)c1)C(C)C(=O)NC. The molecule has 1 aromatic carbocycles. The van der Waals surface area contributed by atoms with Crippen LogP contribution in [0, 0.1) is 0 Å². The zero-order chi connectivity index (χ0) is 14.4. The third kappa shape index (κ3) is 4.24. The molecule has 4 nitrogen and oxygen atoms in total. The number of nitrogens with one attached hydrogen (secondary N) is 1. The molecule has 104 valence electrons. The highest BCUT2D eigenvalue weighted by Crippen LogP contribution is 2.15. The molecule has 2 amide bonds. The molecule has 0 aliphatic heterocycles. The molecule has 0 aliphatic carbocycles. The van der Waals surface area contributed by atoms with E-state index in [1.54, 1.807) is 37.9 Å². The van der Waals surface area contributed by atoms with Crippen LogP contribution < -0.4 is 5.32 Å². The fourth-order valence-corrected chi connectivity index (χ4v) is 2.04. The van der Waals surface area contributed by atoms with Gasteiger partial charge in [-0.3, -0.25) is 9.59 Å². The average Bonchev–Trinajstić information content (AvgIpc) is 2.42. The second-order valence-corrected chi connectivity index (χ2v) is 4.73. The van der Waals surface area contributed by atoms with Crippen LogP contribution >= 0.6 is 11.6 Å². The molecule has 0 aliphatic rings.